The Bertz CT molecular complexity index is 2150. The largest absolute Gasteiger partial charge is 0.490 e. The summed E-state index contributed by atoms with van der Waals surface area (Å²) in [5.74, 6) is 0.997. The van der Waals surface area contributed by atoms with Crippen LogP contribution >= 0.6 is 0 Å². The molecule has 0 spiro atoms. The molecule has 2 aliphatic carbocycles. The van der Waals surface area contributed by atoms with Crippen molar-refractivity contribution in [1.29, 1.82) is 5.26 Å². The fraction of sp³-hybridized carbons (Fsp3) is 0.553. The van der Waals surface area contributed by atoms with Crippen LogP contribution in [0, 0.1) is 41.9 Å². The van der Waals surface area contributed by atoms with Crippen molar-refractivity contribution < 1.29 is 28.7 Å². The molecule has 1 aromatic heterocycles. The summed E-state index contributed by atoms with van der Waals surface area (Å²) in [4.78, 5) is 66.9. The number of primary amides is 1. The van der Waals surface area contributed by atoms with E-state index in [1.165, 1.54) is 6.20 Å². The lowest BCUT2D eigenvalue weighted by Crippen LogP contribution is -2.77. The van der Waals surface area contributed by atoms with Crippen LogP contribution in [0.25, 0.3) is 0 Å². The number of ether oxygens (including phenoxy) is 2. The number of nitriles is 1. The molecule has 0 bridgehead atoms. The van der Waals surface area contributed by atoms with Gasteiger partial charge in [0.15, 0.2) is 0 Å². The van der Waals surface area contributed by atoms with Crippen molar-refractivity contribution in [2.75, 3.05) is 24.5 Å². The van der Waals surface area contributed by atoms with Gasteiger partial charge in [-0.1, -0.05) is 27.7 Å². The lowest BCUT2D eigenvalue weighted by Gasteiger charge is -2.66. The Hall–Kier alpha value is -5.55. The third kappa shape index (κ3) is 8.67. The summed E-state index contributed by atoms with van der Waals surface area (Å²) in [7, 11) is 0. The molecule has 1 unspecified atom stereocenters. The quantitative estimate of drug-likeness (QED) is 0.201. The molecule has 4 amide bonds. The second-order valence-corrected chi connectivity index (χ2v) is 19.0. The van der Waals surface area contributed by atoms with Crippen LogP contribution in [0.1, 0.15) is 118 Å². The van der Waals surface area contributed by atoms with E-state index in [0.29, 0.717) is 40.6 Å². The van der Waals surface area contributed by atoms with E-state index in [1.807, 2.05) is 38.1 Å². The second-order valence-electron chi connectivity index (χ2n) is 19.0. The van der Waals surface area contributed by atoms with Gasteiger partial charge in [-0.05, 0) is 100 Å². The first-order valence-corrected chi connectivity index (χ1v) is 21.6. The van der Waals surface area contributed by atoms with Gasteiger partial charge in [0.05, 0.1) is 30.1 Å². The summed E-state index contributed by atoms with van der Waals surface area (Å²) >= 11 is 0. The van der Waals surface area contributed by atoms with E-state index in [9.17, 15) is 24.4 Å². The van der Waals surface area contributed by atoms with E-state index in [1.54, 1.807) is 23.2 Å². The Morgan fingerprint density at radius 1 is 0.951 bits per heavy atom. The maximum atomic E-state index is 14.7. The van der Waals surface area contributed by atoms with Gasteiger partial charge in [0, 0.05) is 67.4 Å². The number of aryl methyl sites for hydroxylation is 2. The SMILES string of the molecule is Cc1cc(OC2C(C)(C)C(N(C(=O)c3ccc(OC4CC(N(CC5CCN(c6cnc(C(N)=O)cn6)CC5)C(C)C)C4)cc3)C3CCC(=O)NC3=O)C2(C)C)cc(C)c1C#N. The number of nitrogens with zero attached hydrogens (tertiary/aromatic N) is 6. The lowest BCUT2D eigenvalue weighted by atomic mass is 9.48. The summed E-state index contributed by atoms with van der Waals surface area (Å²) < 4.78 is 13.1. The van der Waals surface area contributed by atoms with Gasteiger partial charge in [-0.3, -0.25) is 29.4 Å². The molecule has 4 fully saturated rings. The van der Waals surface area contributed by atoms with E-state index in [0.717, 1.165) is 62.3 Å². The normalized spacial score (nSPS) is 24.6. The summed E-state index contributed by atoms with van der Waals surface area (Å²) in [6.07, 6.45) is 7.11. The standard InChI is InChI=1S/C47H60N8O6/c1-27(2)54(26-30-15-17-53(18-16-30)39-25-50-37(24-51-39)41(49)57)32-21-35(22-32)60-33-11-9-31(10-12-33)43(59)55(38-13-14-40(56)52-42(38)58)44-46(5,6)45(47(44,7)8)61-34-19-28(3)36(23-48)29(4)20-34/h9-12,19-20,24-25,27,30,32,35,38,44-45H,13-18,21-22,26H2,1-8H3,(H2,49,57)(H,52,56,58). The third-order valence-electron chi connectivity index (χ3n) is 13.6. The number of hydrogen-bond acceptors (Lipinski definition) is 11. The lowest BCUT2D eigenvalue weighted by molar-refractivity contribution is -0.206. The zero-order valence-electron chi connectivity index (χ0n) is 36.7. The van der Waals surface area contributed by atoms with Crippen LogP contribution in [0.2, 0.25) is 0 Å². The maximum absolute atomic E-state index is 14.7. The zero-order valence-corrected chi connectivity index (χ0v) is 36.7. The minimum atomic E-state index is -0.829. The number of anilines is 1. The van der Waals surface area contributed by atoms with Crippen molar-refractivity contribution >= 4 is 29.4 Å². The number of aromatic nitrogens is 2. The first kappa shape index (κ1) is 43.5. The monoisotopic (exact) mass is 832 g/mol. The Morgan fingerprint density at radius 2 is 1.59 bits per heavy atom. The van der Waals surface area contributed by atoms with Gasteiger partial charge in [-0.15, -0.1) is 0 Å². The van der Waals surface area contributed by atoms with Crippen molar-refractivity contribution in [3.63, 3.8) is 0 Å². The number of nitrogens with two attached hydrogens (primary N) is 1. The van der Waals surface area contributed by atoms with Crippen LogP contribution in [0.5, 0.6) is 11.5 Å². The van der Waals surface area contributed by atoms with Crippen LogP contribution in [-0.4, -0.2) is 99.4 Å². The van der Waals surface area contributed by atoms with Crippen LogP contribution in [0.3, 0.4) is 0 Å². The number of amides is 4. The van der Waals surface area contributed by atoms with Crippen molar-refractivity contribution in [3.05, 3.63) is 76.7 Å². The fourth-order valence-electron chi connectivity index (χ4n) is 10.8. The predicted octanol–water partition coefficient (Wildman–Crippen LogP) is 5.73. The van der Waals surface area contributed by atoms with E-state index in [-0.39, 0.29) is 42.6 Å². The van der Waals surface area contributed by atoms with Gasteiger partial charge in [0.2, 0.25) is 11.8 Å². The molecule has 14 heteroatoms. The molecule has 4 aliphatic rings. The summed E-state index contributed by atoms with van der Waals surface area (Å²) in [5.41, 5.74) is 7.05. The molecule has 2 saturated carbocycles. The van der Waals surface area contributed by atoms with Gasteiger partial charge in [0.1, 0.15) is 41.3 Å². The predicted molar refractivity (Wildman–Crippen MR) is 230 cm³/mol. The molecule has 14 nitrogen and oxygen atoms in total. The van der Waals surface area contributed by atoms with Crippen LogP contribution < -0.4 is 25.4 Å². The molecule has 61 heavy (non-hydrogen) atoms. The van der Waals surface area contributed by atoms with E-state index in [2.05, 4.69) is 72.7 Å². The molecule has 2 aliphatic heterocycles. The summed E-state index contributed by atoms with van der Waals surface area (Å²) in [6.45, 7) is 19.3. The summed E-state index contributed by atoms with van der Waals surface area (Å²) in [6, 6.07) is 12.8. The number of piperidine rings is 2. The van der Waals surface area contributed by atoms with Crippen LogP contribution in [0.4, 0.5) is 5.82 Å². The number of rotatable bonds is 13. The van der Waals surface area contributed by atoms with Crippen molar-refractivity contribution in [3.8, 4) is 17.6 Å². The van der Waals surface area contributed by atoms with E-state index in [4.69, 9.17) is 15.2 Å². The molecule has 3 N–H and O–H groups in total. The van der Waals surface area contributed by atoms with Gasteiger partial charge >= 0.3 is 0 Å². The second kappa shape index (κ2) is 17.1. The number of imide groups is 1. The Morgan fingerprint density at radius 3 is 2.13 bits per heavy atom. The molecule has 324 valence electrons. The highest BCUT2D eigenvalue weighted by Gasteiger charge is 2.67. The highest BCUT2D eigenvalue weighted by atomic mass is 16.5. The Balaban J connectivity index is 0.982. The number of carbonyl (C=O) groups excluding carboxylic acids is 4. The molecule has 3 aromatic rings. The molecule has 3 heterocycles. The van der Waals surface area contributed by atoms with Gasteiger partial charge in [0.25, 0.3) is 11.8 Å². The minimum Gasteiger partial charge on any atom is -0.490 e. The molecule has 0 radical (unpaired) electrons. The van der Waals surface area contributed by atoms with Crippen molar-refractivity contribution in [1.82, 2.24) is 25.1 Å². The highest BCUT2D eigenvalue weighted by Crippen LogP contribution is 2.59. The van der Waals surface area contributed by atoms with E-state index >= 15 is 0 Å². The minimum absolute atomic E-state index is 0.0637. The molecule has 1 atom stereocenters. The average Bonchev–Trinajstić information content (AvgIpc) is 3.19. The highest BCUT2D eigenvalue weighted by molar-refractivity contribution is 6.04. The Kier molecular flexibility index (Phi) is 12.2. The molecule has 2 saturated heterocycles. The number of hydrogen-bond donors (Lipinski definition) is 2. The first-order valence-electron chi connectivity index (χ1n) is 21.6. The van der Waals surface area contributed by atoms with Gasteiger partial charge < -0.3 is 25.0 Å². The average molecular weight is 833 g/mol. The number of nitrogens with one attached hydrogen (secondary N) is 1. The number of benzene rings is 2. The fourth-order valence-corrected chi connectivity index (χ4v) is 10.8. The summed E-state index contributed by atoms with van der Waals surface area (Å²) in [5, 5.41) is 12.1. The van der Waals surface area contributed by atoms with Gasteiger partial charge in [-0.2, -0.15) is 5.26 Å². The zero-order chi connectivity index (χ0) is 44.0. The maximum Gasteiger partial charge on any atom is 0.268 e. The molecular formula is C47H60N8O6. The molecule has 2 aromatic carbocycles. The van der Waals surface area contributed by atoms with E-state index < -0.39 is 34.7 Å². The van der Waals surface area contributed by atoms with Crippen LogP contribution in [0.15, 0.2) is 48.8 Å². The molecule has 7 rings (SSSR count). The topological polar surface area (TPSA) is 184 Å². The van der Waals surface area contributed by atoms with Gasteiger partial charge in [-0.25, -0.2) is 9.97 Å². The molecular weight excluding hydrogens is 773 g/mol. The first-order chi connectivity index (χ1) is 28.9. The smallest absolute Gasteiger partial charge is 0.268 e. The van der Waals surface area contributed by atoms with Crippen molar-refractivity contribution in [2.24, 2.45) is 22.5 Å². The number of carbonyl (C=O) groups is 4. The van der Waals surface area contributed by atoms with Crippen molar-refractivity contribution in [2.45, 2.75) is 130 Å². The van der Waals surface area contributed by atoms with Crippen LogP contribution in [-0.2, 0) is 9.59 Å². The third-order valence-corrected chi connectivity index (χ3v) is 13.6. The Labute approximate surface area is 359 Å².